The summed E-state index contributed by atoms with van der Waals surface area (Å²) in [6.45, 7) is 1.79. The largest absolute Gasteiger partial charge is 0.394 e. The second kappa shape index (κ2) is 13.7. The molecule has 0 radical (unpaired) electrons. The maximum atomic E-state index is 11.6. The third-order valence-electron chi connectivity index (χ3n) is 3.85. The molecule has 0 aliphatic rings. The molecule has 1 amide bonds. The maximum absolute atomic E-state index is 11.6. The highest BCUT2D eigenvalue weighted by Crippen LogP contribution is 2.08. The van der Waals surface area contributed by atoms with Crippen molar-refractivity contribution in [2.24, 2.45) is 0 Å². The van der Waals surface area contributed by atoms with Crippen molar-refractivity contribution in [1.29, 1.82) is 0 Å². The van der Waals surface area contributed by atoms with Crippen LogP contribution in [0.1, 0.15) is 58.3 Å². The topological polar surface area (TPSA) is 130 Å². The van der Waals surface area contributed by atoms with E-state index in [4.69, 9.17) is 5.11 Å². The maximum Gasteiger partial charge on any atom is 0.251 e. The van der Waals surface area contributed by atoms with Crippen LogP contribution in [0, 0.1) is 0 Å². The minimum Gasteiger partial charge on any atom is -0.394 e. The van der Waals surface area contributed by atoms with Crippen LogP contribution in [0.5, 0.6) is 0 Å². The van der Waals surface area contributed by atoms with Gasteiger partial charge in [-0.15, -0.1) is 0 Å². The number of aliphatic hydroxyl groups excluding tert-OH is 5. The van der Waals surface area contributed by atoms with Crippen molar-refractivity contribution in [1.82, 2.24) is 5.32 Å². The standard InChI is InChI=1S/C16H33NO6/c1-2-3-4-5-6-7-8-9-10-17-16(23)15(22)14(21)13(20)12(19)11-18/h12-15,18-22H,2-11H2,1H3,(H,17,23)/t12-,13-,14+,15-/m1/s1. The number of hydrogen-bond donors (Lipinski definition) is 6. The van der Waals surface area contributed by atoms with Crippen LogP contribution in [0.4, 0.5) is 0 Å². The molecule has 0 saturated carbocycles. The van der Waals surface area contributed by atoms with Gasteiger partial charge in [0.15, 0.2) is 6.10 Å². The van der Waals surface area contributed by atoms with E-state index < -0.39 is 36.9 Å². The molecule has 0 saturated heterocycles. The van der Waals surface area contributed by atoms with Gasteiger partial charge in [0.05, 0.1) is 6.61 Å². The van der Waals surface area contributed by atoms with E-state index in [0.717, 1.165) is 19.3 Å². The van der Waals surface area contributed by atoms with Gasteiger partial charge in [-0.1, -0.05) is 51.9 Å². The highest BCUT2D eigenvalue weighted by Gasteiger charge is 2.33. The third kappa shape index (κ3) is 9.88. The van der Waals surface area contributed by atoms with Crippen LogP contribution >= 0.6 is 0 Å². The molecule has 138 valence electrons. The molecule has 0 fully saturated rings. The van der Waals surface area contributed by atoms with Crippen molar-refractivity contribution < 1.29 is 30.3 Å². The first-order valence-electron chi connectivity index (χ1n) is 8.56. The fourth-order valence-electron chi connectivity index (χ4n) is 2.25. The van der Waals surface area contributed by atoms with E-state index >= 15 is 0 Å². The van der Waals surface area contributed by atoms with Gasteiger partial charge >= 0.3 is 0 Å². The zero-order chi connectivity index (χ0) is 17.7. The Balaban J connectivity index is 3.76. The van der Waals surface area contributed by atoms with E-state index in [2.05, 4.69) is 12.2 Å². The number of unbranched alkanes of at least 4 members (excludes halogenated alkanes) is 7. The van der Waals surface area contributed by atoms with E-state index in [1.807, 2.05) is 0 Å². The molecule has 0 aliphatic carbocycles. The van der Waals surface area contributed by atoms with Gasteiger partial charge in [0.2, 0.25) is 0 Å². The minimum absolute atomic E-state index is 0.385. The molecule has 0 bridgehead atoms. The predicted molar refractivity (Wildman–Crippen MR) is 86.7 cm³/mol. The van der Waals surface area contributed by atoms with E-state index in [0.29, 0.717) is 6.54 Å². The Morgan fingerprint density at radius 3 is 1.91 bits per heavy atom. The number of hydrogen-bond acceptors (Lipinski definition) is 6. The van der Waals surface area contributed by atoms with Gasteiger partial charge in [-0.25, -0.2) is 0 Å². The molecular weight excluding hydrogens is 302 g/mol. The molecule has 0 aromatic rings. The summed E-state index contributed by atoms with van der Waals surface area (Å²) in [5.74, 6) is -0.801. The third-order valence-corrected chi connectivity index (χ3v) is 3.85. The first-order chi connectivity index (χ1) is 11.0. The Kier molecular flexibility index (Phi) is 13.3. The van der Waals surface area contributed by atoms with Crippen molar-refractivity contribution in [3.05, 3.63) is 0 Å². The highest BCUT2D eigenvalue weighted by molar-refractivity contribution is 5.81. The van der Waals surface area contributed by atoms with Crippen molar-refractivity contribution in [2.45, 2.75) is 82.7 Å². The number of aliphatic hydroxyl groups is 5. The van der Waals surface area contributed by atoms with Gasteiger partial charge in [0.25, 0.3) is 5.91 Å². The Morgan fingerprint density at radius 2 is 1.39 bits per heavy atom. The van der Waals surface area contributed by atoms with Crippen LogP contribution in [0.3, 0.4) is 0 Å². The van der Waals surface area contributed by atoms with Crippen LogP contribution < -0.4 is 5.32 Å². The summed E-state index contributed by atoms with van der Waals surface area (Å²) in [5, 5.41) is 48.9. The summed E-state index contributed by atoms with van der Waals surface area (Å²) in [7, 11) is 0. The summed E-state index contributed by atoms with van der Waals surface area (Å²) in [6.07, 6.45) is 1.95. The van der Waals surface area contributed by atoms with Gasteiger partial charge in [-0.2, -0.15) is 0 Å². The summed E-state index contributed by atoms with van der Waals surface area (Å²) >= 11 is 0. The van der Waals surface area contributed by atoms with E-state index in [-0.39, 0.29) is 0 Å². The fourth-order valence-corrected chi connectivity index (χ4v) is 2.25. The van der Waals surface area contributed by atoms with Gasteiger partial charge in [-0.05, 0) is 6.42 Å². The first-order valence-corrected chi connectivity index (χ1v) is 8.56. The number of carbonyl (C=O) groups excluding carboxylic acids is 1. The van der Waals surface area contributed by atoms with Gasteiger partial charge in [0.1, 0.15) is 18.3 Å². The lowest BCUT2D eigenvalue weighted by Crippen LogP contribution is -2.51. The number of nitrogens with one attached hydrogen (secondary N) is 1. The van der Waals surface area contributed by atoms with Crippen LogP contribution in [0.2, 0.25) is 0 Å². The zero-order valence-corrected chi connectivity index (χ0v) is 14.0. The molecule has 6 N–H and O–H groups in total. The lowest BCUT2D eigenvalue weighted by molar-refractivity contribution is -0.148. The lowest BCUT2D eigenvalue weighted by Gasteiger charge is -2.24. The lowest BCUT2D eigenvalue weighted by atomic mass is 10.0. The fraction of sp³-hybridized carbons (Fsp3) is 0.938. The number of carbonyl (C=O) groups is 1. The second-order valence-electron chi connectivity index (χ2n) is 5.94. The molecule has 0 unspecified atom stereocenters. The monoisotopic (exact) mass is 335 g/mol. The zero-order valence-electron chi connectivity index (χ0n) is 14.0. The van der Waals surface area contributed by atoms with E-state index in [1.54, 1.807) is 0 Å². The quantitative estimate of drug-likeness (QED) is 0.241. The second-order valence-corrected chi connectivity index (χ2v) is 5.94. The Hall–Kier alpha value is -0.730. The van der Waals surface area contributed by atoms with Gasteiger partial charge in [-0.3, -0.25) is 4.79 Å². The molecule has 0 aromatic heterocycles. The molecule has 0 aromatic carbocycles. The van der Waals surface area contributed by atoms with Crippen molar-refractivity contribution >= 4 is 5.91 Å². The molecule has 0 rings (SSSR count). The number of amides is 1. The summed E-state index contributed by atoms with van der Waals surface area (Å²) in [4.78, 5) is 11.6. The van der Waals surface area contributed by atoms with Crippen molar-refractivity contribution in [2.75, 3.05) is 13.2 Å². The van der Waals surface area contributed by atoms with Crippen molar-refractivity contribution in [3.63, 3.8) is 0 Å². The van der Waals surface area contributed by atoms with Crippen molar-refractivity contribution in [3.8, 4) is 0 Å². The molecule has 0 heterocycles. The molecule has 7 heteroatoms. The predicted octanol–water partition coefficient (Wildman–Crippen LogP) is -0.321. The molecule has 23 heavy (non-hydrogen) atoms. The Morgan fingerprint density at radius 1 is 0.870 bits per heavy atom. The van der Waals surface area contributed by atoms with Crippen LogP contribution in [-0.4, -0.2) is 69.0 Å². The van der Waals surface area contributed by atoms with Crippen LogP contribution in [0.25, 0.3) is 0 Å². The highest BCUT2D eigenvalue weighted by atomic mass is 16.4. The minimum atomic E-state index is -1.85. The molecule has 4 atom stereocenters. The van der Waals surface area contributed by atoms with Gasteiger partial charge < -0.3 is 30.8 Å². The number of rotatable bonds is 14. The SMILES string of the molecule is CCCCCCCCCCNC(=O)[C@H](O)[C@@H](O)[C@H](O)[C@H](O)CO. The molecule has 0 aliphatic heterocycles. The summed E-state index contributed by atoms with van der Waals surface area (Å²) in [6, 6.07) is 0. The summed E-state index contributed by atoms with van der Waals surface area (Å²) < 4.78 is 0. The van der Waals surface area contributed by atoms with Crippen LogP contribution in [-0.2, 0) is 4.79 Å². The first kappa shape index (κ1) is 22.3. The van der Waals surface area contributed by atoms with Crippen LogP contribution in [0.15, 0.2) is 0 Å². The molecule has 0 spiro atoms. The summed E-state index contributed by atoms with van der Waals surface area (Å²) in [5.41, 5.74) is 0. The average Bonchev–Trinajstić information content (AvgIpc) is 2.57. The average molecular weight is 335 g/mol. The van der Waals surface area contributed by atoms with E-state index in [9.17, 15) is 25.2 Å². The Bertz CT molecular complexity index is 302. The smallest absolute Gasteiger partial charge is 0.251 e. The van der Waals surface area contributed by atoms with E-state index in [1.165, 1.54) is 32.1 Å². The Labute approximate surface area is 138 Å². The molecular formula is C16H33NO6. The normalized spacial score (nSPS) is 16.6. The molecule has 7 nitrogen and oxygen atoms in total. The van der Waals surface area contributed by atoms with Gasteiger partial charge in [0, 0.05) is 6.54 Å².